The average Bonchev–Trinajstić information content (AvgIpc) is 3.29. The van der Waals surface area contributed by atoms with E-state index in [9.17, 15) is 9.59 Å². The number of rotatable bonds is 9. The number of hydrogen-bond donors (Lipinski definition) is 0. The minimum absolute atomic E-state index is 0.195. The van der Waals surface area contributed by atoms with Gasteiger partial charge in [-0.1, -0.05) is 42.5 Å². The van der Waals surface area contributed by atoms with E-state index in [-0.39, 0.29) is 11.5 Å². The summed E-state index contributed by atoms with van der Waals surface area (Å²) < 4.78 is 17.8. The van der Waals surface area contributed by atoms with Gasteiger partial charge in [-0.2, -0.15) is 0 Å². The van der Waals surface area contributed by atoms with Gasteiger partial charge in [-0.05, 0) is 75.8 Å². The second-order valence-electron chi connectivity index (χ2n) is 9.45. The molecule has 0 saturated heterocycles. The molecule has 6 nitrogen and oxygen atoms in total. The lowest BCUT2D eigenvalue weighted by atomic mass is 9.96. The molecule has 0 amide bonds. The first-order chi connectivity index (χ1) is 17.9. The van der Waals surface area contributed by atoms with Crippen LogP contribution in [-0.2, 0) is 0 Å². The fourth-order valence-electron chi connectivity index (χ4n) is 4.58. The van der Waals surface area contributed by atoms with E-state index in [1.807, 2.05) is 61.5 Å². The second kappa shape index (κ2) is 10.4. The molecule has 6 heteroatoms. The number of unbranched alkanes of at least 4 members (excludes halogenated alkanes) is 1. The lowest BCUT2D eigenvalue weighted by Crippen LogP contribution is -2.13. The van der Waals surface area contributed by atoms with E-state index in [4.69, 9.17) is 13.6 Å². The van der Waals surface area contributed by atoms with Crippen molar-refractivity contribution in [2.24, 2.45) is 0 Å². The first-order valence-corrected chi connectivity index (χ1v) is 12.4. The number of ketones is 1. The maximum atomic E-state index is 13.8. The fraction of sp³-hybridized carbons (Fsp3) is 0.226. The van der Waals surface area contributed by atoms with Gasteiger partial charge >= 0.3 is 5.63 Å². The third kappa shape index (κ3) is 5.06. The van der Waals surface area contributed by atoms with Crippen LogP contribution in [0.4, 0.5) is 0 Å². The number of hydrogen-bond acceptors (Lipinski definition) is 6. The van der Waals surface area contributed by atoms with Crippen LogP contribution in [0.3, 0.4) is 0 Å². The summed E-state index contributed by atoms with van der Waals surface area (Å²) in [5, 5.41) is 1.41. The number of fused-ring (bicyclic) bond motifs is 3. The molecule has 0 saturated carbocycles. The Morgan fingerprint density at radius 1 is 0.919 bits per heavy atom. The van der Waals surface area contributed by atoms with Crippen LogP contribution in [0, 0.1) is 6.92 Å². The molecule has 2 aromatic heterocycles. The summed E-state index contributed by atoms with van der Waals surface area (Å²) in [6.45, 7) is 3.45. The van der Waals surface area contributed by atoms with Gasteiger partial charge in [0.1, 0.15) is 16.9 Å². The number of aryl methyl sites for hydroxylation is 1. The van der Waals surface area contributed by atoms with Gasteiger partial charge in [-0.15, -0.1) is 0 Å². The van der Waals surface area contributed by atoms with E-state index in [0.29, 0.717) is 40.0 Å². The van der Waals surface area contributed by atoms with Crippen molar-refractivity contribution in [3.05, 3.63) is 100 Å². The molecule has 0 fully saturated rings. The molecular weight excluding hydrogens is 466 g/mol. The summed E-state index contributed by atoms with van der Waals surface area (Å²) in [5.41, 5.74) is 3.13. The van der Waals surface area contributed by atoms with Crippen LogP contribution in [0.2, 0.25) is 0 Å². The van der Waals surface area contributed by atoms with Gasteiger partial charge in [0, 0.05) is 22.6 Å². The Morgan fingerprint density at radius 2 is 1.73 bits per heavy atom. The van der Waals surface area contributed by atoms with Crippen LogP contribution in [-0.4, -0.2) is 37.9 Å². The quantitative estimate of drug-likeness (QED) is 0.133. The van der Waals surface area contributed by atoms with Gasteiger partial charge in [0.05, 0.1) is 12.0 Å². The molecule has 188 valence electrons. The highest BCUT2D eigenvalue weighted by Crippen LogP contribution is 2.40. The van der Waals surface area contributed by atoms with E-state index in [1.165, 1.54) is 6.07 Å². The highest BCUT2D eigenvalue weighted by atomic mass is 16.5. The molecule has 0 aliphatic heterocycles. The molecule has 0 aliphatic carbocycles. The van der Waals surface area contributed by atoms with Crippen molar-refractivity contribution in [2.45, 2.75) is 19.8 Å². The monoisotopic (exact) mass is 495 g/mol. The van der Waals surface area contributed by atoms with Crippen LogP contribution in [0.1, 0.15) is 34.5 Å². The smallest absolute Gasteiger partial charge is 0.336 e. The largest absolute Gasteiger partial charge is 0.494 e. The zero-order valence-electron chi connectivity index (χ0n) is 21.2. The maximum absolute atomic E-state index is 13.8. The number of benzene rings is 3. The third-order valence-corrected chi connectivity index (χ3v) is 6.40. The summed E-state index contributed by atoms with van der Waals surface area (Å²) in [6.07, 6.45) is 1.96. The zero-order valence-corrected chi connectivity index (χ0v) is 21.2. The van der Waals surface area contributed by atoms with Crippen molar-refractivity contribution < 1.29 is 18.4 Å². The van der Waals surface area contributed by atoms with Crippen molar-refractivity contribution in [2.75, 3.05) is 27.2 Å². The van der Waals surface area contributed by atoms with Gasteiger partial charge < -0.3 is 18.5 Å². The maximum Gasteiger partial charge on any atom is 0.336 e. The minimum atomic E-state index is -0.444. The molecule has 37 heavy (non-hydrogen) atoms. The third-order valence-electron chi connectivity index (χ3n) is 6.40. The molecule has 0 bridgehead atoms. The van der Waals surface area contributed by atoms with Crippen LogP contribution in [0.5, 0.6) is 5.75 Å². The zero-order chi connectivity index (χ0) is 25.9. The Kier molecular flexibility index (Phi) is 6.93. The molecule has 0 N–H and O–H groups in total. The summed E-state index contributed by atoms with van der Waals surface area (Å²) >= 11 is 0. The average molecular weight is 496 g/mol. The Labute approximate surface area is 215 Å². The van der Waals surface area contributed by atoms with Crippen molar-refractivity contribution in [1.29, 1.82) is 0 Å². The van der Waals surface area contributed by atoms with E-state index in [0.717, 1.165) is 35.9 Å². The van der Waals surface area contributed by atoms with E-state index < -0.39 is 5.63 Å². The predicted molar refractivity (Wildman–Crippen MR) is 146 cm³/mol. The molecule has 0 spiro atoms. The molecule has 2 heterocycles. The number of nitrogens with zero attached hydrogens (tertiary/aromatic N) is 1. The van der Waals surface area contributed by atoms with Crippen LogP contribution in [0.25, 0.3) is 33.1 Å². The van der Waals surface area contributed by atoms with Gasteiger partial charge in [0.15, 0.2) is 5.76 Å². The molecule has 3 aromatic carbocycles. The van der Waals surface area contributed by atoms with E-state index in [2.05, 4.69) is 19.0 Å². The number of ether oxygens (including phenoxy) is 1. The molecule has 0 atom stereocenters. The Bertz CT molecular complexity index is 1630. The van der Waals surface area contributed by atoms with Crippen molar-refractivity contribution in [3.63, 3.8) is 0 Å². The molecule has 5 aromatic rings. The number of carbonyl (C=O) groups is 1. The van der Waals surface area contributed by atoms with Crippen LogP contribution >= 0.6 is 0 Å². The highest BCUT2D eigenvalue weighted by molar-refractivity contribution is 6.20. The molecule has 0 radical (unpaired) electrons. The highest BCUT2D eigenvalue weighted by Gasteiger charge is 2.26. The van der Waals surface area contributed by atoms with Gasteiger partial charge in [-0.3, -0.25) is 4.79 Å². The standard InChI is InChI=1S/C31H29NO5/c1-20-18-26(33)37-30-24(20)14-15-25-28(30)27(21-10-5-4-6-11-21)31(36-25)29(34)22-12-9-13-23(19-22)35-17-8-7-16-32(2)3/h4-6,9-15,18-19H,7-8,16-17H2,1-3H3. The lowest BCUT2D eigenvalue weighted by molar-refractivity contribution is 0.101. The summed E-state index contributed by atoms with van der Waals surface area (Å²) in [6, 6.07) is 21.9. The van der Waals surface area contributed by atoms with Gasteiger partial charge in [-0.25, -0.2) is 4.79 Å². The Hall–Kier alpha value is -4.16. The van der Waals surface area contributed by atoms with Crippen molar-refractivity contribution in [3.8, 4) is 16.9 Å². The Balaban J connectivity index is 1.58. The molecule has 0 aliphatic rings. The van der Waals surface area contributed by atoms with Crippen molar-refractivity contribution >= 4 is 27.7 Å². The van der Waals surface area contributed by atoms with Gasteiger partial charge in [0.2, 0.25) is 5.78 Å². The normalized spacial score (nSPS) is 11.5. The molecule has 5 rings (SSSR count). The lowest BCUT2D eigenvalue weighted by Gasteiger charge is -2.10. The number of carbonyl (C=O) groups excluding carboxylic acids is 1. The second-order valence-corrected chi connectivity index (χ2v) is 9.45. The predicted octanol–water partition coefficient (Wildman–Crippen LogP) is 6.47. The topological polar surface area (TPSA) is 72.9 Å². The van der Waals surface area contributed by atoms with E-state index in [1.54, 1.807) is 12.1 Å². The molecule has 0 unspecified atom stereocenters. The van der Waals surface area contributed by atoms with Crippen LogP contribution < -0.4 is 10.4 Å². The van der Waals surface area contributed by atoms with Gasteiger partial charge in [0.25, 0.3) is 0 Å². The van der Waals surface area contributed by atoms with Crippen molar-refractivity contribution in [1.82, 2.24) is 4.90 Å². The summed E-state index contributed by atoms with van der Waals surface area (Å²) in [4.78, 5) is 28.3. The summed E-state index contributed by atoms with van der Waals surface area (Å²) in [5.74, 6) is 0.567. The molecular formula is C31H29NO5. The first kappa shape index (κ1) is 24.5. The van der Waals surface area contributed by atoms with Crippen LogP contribution in [0.15, 0.2) is 86.4 Å². The Morgan fingerprint density at radius 3 is 2.51 bits per heavy atom. The van der Waals surface area contributed by atoms with E-state index >= 15 is 0 Å². The SMILES string of the molecule is Cc1cc(=O)oc2c1ccc1oc(C(=O)c3cccc(OCCCCN(C)C)c3)c(-c3ccccc3)c12. The summed E-state index contributed by atoms with van der Waals surface area (Å²) in [7, 11) is 4.10. The first-order valence-electron chi connectivity index (χ1n) is 12.4. The minimum Gasteiger partial charge on any atom is -0.494 e. The number of furan rings is 1. The fourth-order valence-corrected chi connectivity index (χ4v) is 4.58.